The Labute approximate surface area is 98.6 Å². The lowest BCUT2D eigenvalue weighted by Gasteiger charge is -2.22. The highest BCUT2D eigenvalue weighted by molar-refractivity contribution is 7.99. The second-order valence-corrected chi connectivity index (χ2v) is 4.87. The summed E-state index contributed by atoms with van der Waals surface area (Å²) in [6.07, 6.45) is 3.77. The number of pyridine rings is 1. The van der Waals surface area contributed by atoms with E-state index in [1.807, 2.05) is 11.8 Å². The van der Waals surface area contributed by atoms with Crippen molar-refractivity contribution in [1.29, 1.82) is 0 Å². The standard InChI is InChI=1S/C11H14N2O2S/c12-10(14)9-2-1-5-13-11(9)15-8-3-6-16-7-4-8/h1-2,5,8H,3-4,6-7H2,(H2,12,14). The van der Waals surface area contributed by atoms with E-state index in [1.54, 1.807) is 18.3 Å². The summed E-state index contributed by atoms with van der Waals surface area (Å²) >= 11 is 1.93. The zero-order valence-corrected chi connectivity index (χ0v) is 9.70. The minimum atomic E-state index is -0.492. The van der Waals surface area contributed by atoms with Gasteiger partial charge in [0.1, 0.15) is 11.7 Å². The van der Waals surface area contributed by atoms with Gasteiger partial charge < -0.3 is 10.5 Å². The van der Waals surface area contributed by atoms with Crippen LogP contribution >= 0.6 is 11.8 Å². The molecular weight excluding hydrogens is 224 g/mol. The summed E-state index contributed by atoms with van der Waals surface area (Å²) < 4.78 is 5.72. The normalized spacial score (nSPS) is 17.0. The maximum Gasteiger partial charge on any atom is 0.254 e. The number of carbonyl (C=O) groups excluding carboxylic acids is 1. The molecular formula is C11H14N2O2S. The number of amides is 1. The second kappa shape index (κ2) is 5.21. The van der Waals surface area contributed by atoms with Gasteiger partial charge in [0.05, 0.1) is 0 Å². The van der Waals surface area contributed by atoms with Crippen LogP contribution in [0.5, 0.6) is 5.88 Å². The Balaban J connectivity index is 2.10. The highest BCUT2D eigenvalue weighted by Crippen LogP contribution is 2.23. The van der Waals surface area contributed by atoms with Crippen molar-refractivity contribution < 1.29 is 9.53 Å². The first-order valence-corrected chi connectivity index (χ1v) is 6.42. The molecule has 0 radical (unpaired) electrons. The van der Waals surface area contributed by atoms with E-state index < -0.39 is 5.91 Å². The third kappa shape index (κ3) is 2.66. The van der Waals surface area contributed by atoms with E-state index in [2.05, 4.69) is 4.98 Å². The van der Waals surface area contributed by atoms with Crippen LogP contribution in [0.3, 0.4) is 0 Å². The molecule has 0 unspecified atom stereocenters. The van der Waals surface area contributed by atoms with Crippen LogP contribution in [0.4, 0.5) is 0 Å². The Bertz CT molecular complexity index is 378. The van der Waals surface area contributed by atoms with Gasteiger partial charge in [-0.1, -0.05) is 0 Å². The Hall–Kier alpha value is -1.23. The van der Waals surface area contributed by atoms with Gasteiger partial charge in [-0.3, -0.25) is 4.79 Å². The summed E-state index contributed by atoms with van der Waals surface area (Å²) in [5.74, 6) is 2.08. The van der Waals surface area contributed by atoms with Gasteiger partial charge in [0.15, 0.2) is 0 Å². The van der Waals surface area contributed by atoms with Crippen LogP contribution < -0.4 is 10.5 Å². The molecule has 0 atom stereocenters. The smallest absolute Gasteiger partial charge is 0.254 e. The number of hydrogen-bond donors (Lipinski definition) is 1. The van der Waals surface area contributed by atoms with Crippen molar-refractivity contribution in [1.82, 2.24) is 4.98 Å². The fourth-order valence-electron chi connectivity index (χ4n) is 1.62. The molecule has 1 aliphatic heterocycles. The van der Waals surface area contributed by atoms with Crippen LogP contribution in [0.15, 0.2) is 18.3 Å². The summed E-state index contributed by atoms with van der Waals surface area (Å²) in [5.41, 5.74) is 5.62. The van der Waals surface area contributed by atoms with Crippen LogP contribution in [-0.2, 0) is 0 Å². The van der Waals surface area contributed by atoms with Gasteiger partial charge in [-0.2, -0.15) is 11.8 Å². The summed E-state index contributed by atoms with van der Waals surface area (Å²) in [6, 6.07) is 3.33. The minimum absolute atomic E-state index is 0.161. The Kier molecular flexibility index (Phi) is 3.66. The van der Waals surface area contributed by atoms with Gasteiger partial charge >= 0.3 is 0 Å². The van der Waals surface area contributed by atoms with Gasteiger partial charge in [-0.15, -0.1) is 0 Å². The monoisotopic (exact) mass is 238 g/mol. The summed E-state index contributed by atoms with van der Waals surface area (Å²) in [5, 5.41) is 0. The number of rotatable bonds is 3. The van der Waals surface area contributed by atoms with Crippen LogP contribution in [0, 0.1) is 0 Å². The first kappa shape index (κ1) is 11.3. The number of nitrogens with zero attached hydrogens (tertiary/aromatic N) is 1. The molecule has 1 aromatic heterocycles. The second-order valence-electron chi connectivity index (χ2n) is 3.65. The molecule has 16 heavy (non-hydrogen) atoms. The molecule has 1 fully saturated rings. The van der Waals surface area contributed by atoms with Crippen molar-refractivity contribution in [2.75, 3.05) is 11.5 Å². The SMILES string of the molecule is NC(=O)c1cccnc1OC1CCSCC1. The van der Waals surface area contributed by atoms with Crippen LogP contribution in [-0.4, -0.2) is 28.5 Å². The first-order chi connectivity index (χ1) is 7.77. The van der Waals surface area contributed by atoms with Crippen molar-refractivity contribution >= 4 is 17.7 Å². The fraction of sp³-hybridized carbons (Fsp3) is 0.455. The Morgan fingerprint density at radius 1 is 1.50 bits per heavy atom. The quantitative estimate of drug-likeness (QED) is 0.865. The molecule has 0 bridgehead atoms. The molecule has 0 spiro atoms. The molecule has 0 saturated carbocycles. The molecule has 4 nitrogen and oxygen atoms in total. The molecule has 1 amide bonds. The first-order valence-electron chi connectivity index (χ1n) is 5.26. The number of aromatic nitrogens is 1. The molecule has 2 heterocycles. The average Bonchev–Trinajstić information content (AvgIpc) is 2.31. The molecule has 2 rings (SSSR count). The molecule has 2 N–H and O–H groups in total. The van der Waals surface area contributed by atoms with Gasteiger partial charge in [-0.05, 0) is 36.5 Å². The molecule has 5 heteroatoms. The molecule has 0 aromatic carbocycles. The lowest BCUT2D eigenvalue weighted by atomic mass is 10.2. The highest BCUT2D eigenvalue weighted by atomic mass is 32.2. The molecule has 1 aliphatic rings. The lowest BCUT2D eigenvalue weighted by molar-refractivity contribution is 0.0990. The zero-order valence-electron chi connectivity index (χ0n) is 8.89. The number of carbonyl (C=O) groups is 1. The van der Waals surface area contributed by atoms with Crippen molar-refractivity contribution in [2.45, 2.75) is 18.9 Å². The zero-order chi connectivity index (χ0) is 11.4. The predicted molar refractivity (Wildman–Crippen MR) is 63.7 cm³/mol. The van der Waals surface area contributed by atoms with Crippen LogP contribution in [0.2, 0.25) is 0 Å². The van der Waals surface area contributed by atoms with E-state index in [9.17, 15) is 4.79 Å². The summed E-state index contributed by atoms with van der Waals surface area (Å²) in [4.78, 5) is 15.2. The number of nitrogens with two attached hydrogens (primary N) is 1. The number of thioether (sulfide) groups is 1. The third-order valence-electron chi connectivity index (χ3n) is 2.48. The van der Waals surface area contributed by atoms with Crippen molar-refractivity contribution in [3.8, 4) is 5.88 Å². The maximum atomic E-state index is 11.2. The maximum absolute atomic E-state index is 11.2. The number of ether oxygens (including phenoxy) is 1. The Morgan fingerprint density at radius 2 is 2.25 bits per heavy atom. The van der Waals surface area contributed by atoms with Gasteiger partial charge in [0.2, 0.25) is 5.88 Å². The minimum Gasteiger partial charge on any atom is -0.474 e. The average molecular weight is 238 g/mol. The van der Waals surface area contributed by atoms with E-state index in [0.717, 1.165) is 24.3 Å². The van der Waals surface area contributed by atoms with Crippen molar-refractivity contribution in [2.24, 2.45) is 5.73 Å². The van der Waals surface area contributed by atoms with Gasteiger partial charge in [-0.25, -0.2) is 4.98 Å². The van der Waals surface area contributed by atoms with E-state index in [0.29, 0.717) is 11.4 Å². The van der Waals surface area contributed by atoms with Crippen molar-refractivity contribution in [3.63, 3.8) is 0 Å². The van der Waals surface area contributed by atoms with Gasteiger partial charge in [0.25, 0.3) is 5.91 Å². The van der Waals surface area contributed by atoms with E-state index in [-0.39, 0.29) is 6.10 Å². The third-order valence-corrected chi connectivity index (χ3v) is 3.53. The predicted octanol–water partition coefficient (Wildman–Crippen LogP) is 1.45. The van der Waals surface area contributed by atoms with E-state index in [1.165, 1.54) is 0 Å². The van der Waals surface area contributed by atoms with Crippen LogP contribution in [0.25, 0.3) is 0 Å². The topological polar surface area (TPSA) is 65.2 Å². The van der Waals surface area contributed by atoms with Gasteiger partial charge in [0, 0.05) is 6.20 Å². The van der Waals surface area contributed by atoms with E-state index in [4.69, 9.17) is 10.5 Å². The molecule has 1 aromatic rings. The van der Waals surface area contributed by atoms with Crippen molar-refractivity contribution in [3.05, 3.63) is 23.9 Å². The largest absolute Gasteiger partial charge is 0.474 e. The molecule has 86 valence electrons. The summed E-state index contributed by atoms with van der Waals surface area (Å²) in [6.45, 7) is 0. The number of primary amides is 1. The summed E-state index contributed by atoms with van der Waals surface area (Å²) in [7, 11) is 0. The van der Waals surface area contributed by atoms with Crippen LogP contribution in [0.1, 0.15) is 23.2 Å². The fourth-order valence-corrected chi connectivity index (χ4v) is 2.69. The Morgan fingerprint density at radius 3 is 2.94 bits per heavy atom. The highest BCUT2D eigenvalue weighted by Gasteiger charge is 2.18. The molecule has 0 aliphatic carbocycles. The number of hydrogen-bond acceptors (Lipinski definition) is 4. The lowest BCUT2D eigenvalue weighted by Crippen LogP contribution is -2.24. The van der Waals surface area contributed by atoms with E-state index >= 15 is 0 Å². The molecule has 1 saturated heterocycles.